The summed E-state index contributed by atoms with van der Waals surface area (Å²) in [6, 6.07) is 13.3. The number of ether oxygens (including phenoxy) is 1. The number of aromatic nitrogens is 2. The van der Waals surface area contributed by atoms with Crippen molar-refractivity contribution in [2.75, 3.05) is 7.11 Å². The minimum Gasteiger partial charge on any atom is -0.465 e. The largest absolute Gasteiger partial charge is 0.465 e. The molecule has 0 atom stereocenters. The zero-order valence-electron chi connectivity index (χ0n) is 14.3. The SMILES string of the molecule is COC(=O)c1cc(S(=O)(=O)NCc2ccccc2-n2cccn2)ccc1Br. The van der Waals surface area contributed by atoms with E-state index in [9.17, 15) is 13.2 Å². The van der Waals surface area contributed by atoms with Gasteiger partial charge in [0.05, 0.1) is 23.3 Å². The number of sulfonamides is 1. The lowest BCUT2D eigenvalue weighted by Crippen LogP contribution is -2.24. The first-order valence-electron chi connectivity index (χ1n) is 7.88. The molecule has 3 rings (SSSR count). The number of benzene rings is 2. The van der Waals surface area contributed by atoms with E-state index in [-0.39, 0.29) is 17.0 Å². The maximum Gasteiger partial charge on any atom is 0.339 e. The number of nitrogens with zero attached hydrogens (tertiary/aromatic N) is 2. The first kappa shape index (κ1) is 19.3. The van der Waals surface area contributed by atoms with Gasteiger partial charge in [0.25, 0.3) is 0 Å². The molecule has 0 unspecified atom stereocenters. The predicted molar refractivity (Wildman–Crippen MR) is 103 cm³/mol. The Hall–Kier alpha value is -2.49. The molecule has 9 heteroatoms. The number of para-hydroxylation sites is 1. The van der Waals surface area contributed by atoms with E-state index in [1.807, 2.05) is 24.3 Å². The summed E-state index contributed by atoms with van der Waals surface area (Å²) in [6.07, 6.45) is 3.43. The molecule has 0 amide bonds. The van der Waals surface area contributed by atoms with E-state index in [1.165, 1.54) is 25.3 Å². The summed E-state index contributed by atoms with van der Waals surface area (Å²) in [4.78, 5) is 11.8. The lowest BCUT2D eigenvalue weighted by Gasteiger charge is -2.12. The number of hydrogen-bond acceptors (Lipinski definition) is 5. The van der Waals surface area contributed by atoms with Crippen LogP contribution in [0.1, 0.15) is 15.9 Å². The molecule has 7 nitrogen and oxygen atoms in total. The summed E-state index contributed by atoms with van der Waals surface area (Å²) >= 11 is 3.22. The summed E-state index contributed by atoms with van der Waals surface area (Å²) < 4.78 is 34.7. The van der Waals surface area contributed by atoms with Crippen LogP contribution in [0.15, 0.2) is 70.3 Å². The molecule has 0 aliphatic rings. The highest BCUT2D eigenvalue weighted by Crippen LogP contribution is 2.22. The zero-order valence-corrected chi connectivity index (χ0v) is 16.7. The first-order chi connectivity index (χ1) is 12.9. The molecule has 27 heavy (non-hydrogen) atoms. The van der Waals surface area contributed by atoms with E-state index in [1.54, 1.807) is 23.1 Å². The molecule has 0 bridgehead atoms. The van der Waals surface area contributed by atoms with Gasteiger partial charge in [0.1, 0.15) is 0 Å². The molecular weight excluding hydrogens is 434 g/mol. The van der Waals surface area contributed by atoms with Crippen LogP contribution in [0.5, 0.6) is 0 Å². The quantitative estimate of drug-likeness (QED) is 0.584. The van der Waals surface area contributed by atoms with Crippen LogP contribution in [0, 0.1) is 0 Å². The average molecular weight is 450 g/mol. The minimum absolute atomic E-state index is 0.0253. The van der Waals surface area contributed by atoms with E-state index < -0.39 is 16.0 Å². The molecule has 0 radical (unpaired) electrons. The van der Waals surface area contributed by atoms with Gasteiger partial charge in [-0.3, -0.25) is 0 Å². The molecule has 0 fully saturated rings. The third kappa shape index (κ3) is 4.26. The Bertz CT molecular complexity index is 1070. The van der Waals surface area contributed by atoms with Gasteiger partial charge in [-0.1, -0.05) is 18.2 Å². The van der Waals surface area contributed by atoms with Gasteiger partial charge in [-0.15, -0.1) is 0 Å². The van der Waals surface area contributed by atoms with E-state index in [0.29, 0.717) is 4.47 Å². The molecule has 1 aromatic heterocycles. The number of esters is 1. The van der Waals surface area contributed by atoms with Crippen LogP contribution in [0.25, 0.3) is 5.69 Å². The topological polar surface area (TPSA) is 90.3 Å². The lowest BCUT2D eigenvalue weighted by atomic mass is 10.2. The Balaban J connectivity index is 1.86. The van der Waals surface area contributed by atoms with Gasteiger partial charge in [0, 0.05) is 23.4 Å². The van der Waals surface area contributed by atoms with E-state index >= 15 is 0 Å². The van der Waals surface area contributed by atoms with Gasteiger partial charge in [-0.05, 0) is 51.8 Å². The van der Waals surface area contributed by atoms with Crippen LogP contribution in [0.3, 0.4) is 0 Å². The molecule has 2 aromatic carbocycles. The normalized spacial score (nSPS) is 11.3. The standard InChI is InChI=1S/C18H16BrN3O4S/c1-26-18(23)15-11-14(7-8-16(15)19)27(24,25)21-12-13-5-2-3-6-17(13)22-10-4-9-20-22/h2-11,21H,12H2,1H3. The maximum atomic E-state index is 12.7. The Labute approximate surface area is 165 Å². The summed E-state index contributed by atoms with van der Waals surface area (Å²) in [5.41, 5.74) is 1.67. The molecule has 0 aliphatic heterocycles. The van der Waals surface area contributed by atoms with Crippen LogP contribution < -0.4 is 4.72 Å². The van der Waals surface area contributed by atoms with Crippen molar-refractivity contribution in [2.45, 2.75) is 11.4 Å². The molecule has 1 N–H and O–H groups in total. The van der Waals surface area contributed by atoms with Crippen LogP contribution in [-0.2, 0) is 21.3 Å². The molecule has 0 aliphatic carbocycles. The smallest absolute Gasteiger partial charge is 0.339 e. The van der Waals surface area contributed by atoms with Crippen LogP contribution >= 0.6 is 15.9 Å². The second kappa shape index (κ2) is 8.03. The van der Waals surface area contributed by atoms with Gasteiger partial charge in [0.2, 0.25) is 10.0 Å². The van der Waals surface area contributed by atoms with Gasteiger partial charge in [0.15, 0.2) is 0 Å². The summed E-state index contributed by atoms with van der Waals surface area (Å²) in [5, 5.41) is 4.18. The van der Waals surface area contributed by atoms with Gasteiger partial charge in [-0.25, -0.2) is 22.6 Å². The summed E-state index contributed by atoms with van der Waals surface area (Å²) in [5.74, 6) is -0.622. The van der Waals surface area contributed by atoms with Crippen molar-refractivity contribution in [3.05, 3.63) is 76.5 Å². The second-order valence-corrected chi connectivity index (χ2v) is 8.16. The Kier molecular flexibility index (Phi) is 5.73. The second-order valence-electron chi connectivity index (χ2n) is 5.54. The van der Waals surface area contributed by atoms with Crippen molar-refractivity contribution in [3.63, 3.8) is 0 Å². The Morgan fingerprint density at radius 1 is 1.22 bits per heavy atom. The molecular formula is C18H16BrN3O4S. The number of rotatable bonds is 6. The van der Waals surface area contributed by atoms with Crippen LogP contribution in [-0.4, -0.2) is 31.3 Å². The Morgan fingerprint density at radius 3 is 2.70 bits per heavy atom. The average Bonchev–Trinajstić information content (AvgIpc) is 3.21. The number of methoxy groups -OCH3 is 1. The van der Waals surface area contributed by atoms with Gasteiger partial charge >= 0.3 is 5.97 Å². The van der Waals surface area contributed by atoms with Gasteiger partial charge < -0.3 is 4.74 Å². The summed E-state index contributed by atoms with van der Waals surface area (Å²) in [6.45, 7) is 0.0714. The number of halogens is 1. The van der Waals surface area contributed by atoms with Crippen molar-refractivity contribution in [1.29, 1.82) is 0 Å². The fourth-order valence-corrected chi connectivity index (χ4v) is 3.93. The number of carbonyl (C=O) groups excluding carboxylic acids is 1. The molecule has 1 heterocycles. The van der Waals surface area contributed by atoms with Gasteiger partial charge in [-0.2, -0.15) is 5.10 Å². The fraction of sp³-hybridized carbons (Fsp3) is 0.111. The zero-order chi connectivity index (χ0) is 19.4. The maximum absolute atomic E-state index is 12.7. The molecule has 3 aromatic rings. The molecule has 0 spiro atoms. The van der Waals surface area contributed by atoms with Crippen molar-refractivity contribution in [2.24, 2.45) is 0 Å². The Morgan fingerprint density at radius 2 is 2.00 bits per heavy atom. The molecule has 140 valence electrons. The highest BCUT2D eigenvalue weighted by Gasteiger charge is 2.19. The molecule has 0 saturated heterocycles. The summed E-state index contributed by atoms with van der Waals surface area (Å²) in [7, 11) is -2.60. The van der Waals surface area contributed by atoms with E-state index in [4.69, 9.17) is 0 Å². The van der Waals surface area contributed by atoms with E-state index in [0.717, 1.165) is 11.3 Å². The predicted octanol–water partition coefficient (Wildman–Crippen LogP) is 2.90. The van der Waals surface area contributed by atoms with Crippen molar-refractivity contribution >= 4 is 31.9 Å². The third-order valence-corrected chi connectivity index (χ3v) is 5.94. The monoisotopic (exact) mass is 449 g/mol. The number of nitrogens with one attached hydrogen (secondary N) is 1. The first-order valence-corrected chi connectivity index (χ1v) is 10.2. The van der Waals surface area contributed by atoms with Crippen molar-refractivity contribution < 1.29 is 17.9 Å². The number of hydrogen-bond donors (Lipinski definition) is 1. The van der Waals surface area contributed by atoms with Crippen LogP contribution in [0.2, 0.25) is 0 Å². The lowest BCUT2D eigenvalue weighted by molar-refractivity contribution is 0.0599. The fourth-order valence-electron chi connectivity index (χ4n) is 2.49. The van der Waals surface area contributed by atoms with E-state index in [2.05, 4.69) is 30.5 Å². The highest BCUT2D eigenvalue weighted by atomic mass is 79.9. The number of carbonyl (C=O) groups is 1. The van der Waals surface area contributed by atoms with Crippen LogP contribution in [0.4, 0.5) is 0 Å². The third-order valence-electron chi connectivity index (χ3n) is 3.85. The molecule has 0 saturated carbocycles. The van der Waals surface area contributed by atoms with Crippen molar-refractivity contribution in [1.82, 2.24) is 14.5 Å². The minimum atomic E-state index is -3.83. The van der Waals surface area contributed by atoms with Crippen molar-refractivity contribution in [3.8, 4) is 5.69 Å². The highest BCUT2D eigenvalue weighted by molar-refractivity contribution is 9.10.